The second kappa shape index (κ2) is 15.4. The van der Waals surface area contributed by atoms with Crippen LogP contribution in [0.1, 0.15) is 77.6 Å². The Hall–Kier alpha value is -0.550. The van der Waals surface area contributed by atoms with Crippen molar-refractivity contribution in [3.63, 3.8) is 0 Å². The Morgan fingerprint density at radius 1 is 0.765 bits per heavy atom. The Morgan fingerprint density at radius 3 is 1.82 bits per heavy atom. The van der Waals surface area contributed by atoms with E-state index in [-0.39, 0.29) is 0 Å². The van der Waals surface area contributed by atoms with Gasteiger partial charge in [0.1, 0.15) is 0 Å². The van der Waals surface area contributed by atoms with Gasteiger partial charge in [0.15, 0.2) is 0 Å². The molecular weight excluding hydrogens is 208 g/mol. The van der Waals surface area contributed by atoms with Crippen LogP contribution in [0.4, 0.5) is 0 Å². The summed E-state index contributed by atoms with van der Waals surface area (Å²) in [6.07, 6.45) is 14.5. The van der Waals surface area contributed by atoms with Gasteiger partial charge in [-0.3, -0.25) is 0 Å². The van der Waals surface area contributed by atoms with Crippen LogP contribution >= 0.6 is 0 Å². The Balaban J connectivity index is 2.87. The van der Waals surface area contributed by atoms with Crippen molar-refractivity contribution in [1.82, 2.24) is 5.32 Å². The minimum absolute atomic E-state index is 0.637. The van der Waals surface area contributed by atoms with Crippen molar-refractivity contribution < 1.29 is 0 Å². The summed E-state index contributed by atoms with van der Waals surface area (Å²) in [4.78, 5) is 0. The third kappa shape index (κ3) is 15.4. The largest absolute Gasteiger partial charge is 0.316 e. The Morgan fingerprint density at radius 2 is 1.29 bits per heavy atom. The zero-order valence-electron chi connectivity index (χ0n) is 11.6. The summed E-state index contributed by atoms with van der Waals surface area (Å²) in [5, 5.41) is 11.6. The normalized spacial score (nSPS) is 10.4. The van der Waals surface area contributed by atoms with E-state index >= 15 is 0 Å². The highest BCUT2D eigenvalue weighted by Gasteiger charge is 1.92. The molecule has 0 saturated heterocycles. The average molecular weight is 238 g/mol. The lowest BCUT2D eigenvalue weighted by Crippen LogP contribution is -2.15. The van der Waals surface area contributed by atoms with Crippen molar-refractivity contribution in [3.8, 4) is 6.07 Å². The molecule has 0 aromatic carbocycles. The Kier molecular flexibility index (Phi) is 15.0. The van der Waals surface area contributed by atoms with Crippen LogP contribution in [-0.4, -0.2) is 13.1 Å². The molecule has 0 aliphatic rings. The molecule has 0 spiro atoms. The minimum Gasteiger partial charge on any atom is -0.316 e. The summed E-state index contributed by atoms with van der Waals surface area (Å²) in [6, 6.07) is 2.14. The molecule has 2 nitrogen and oxygen atoms in total. The predicted octanol–water partition coefficient (Wildman–Crippen LogP) is 4.41. The van der Waals surface area contributed by atoms with Crippen LogP contribution in [0.3, 0.4) is 0 Å². The molecule has 0 rings (SSSR count). The number of hydrogen-bond donors (Lipinski definition) is 1. The van der Waals surface area contributed by atoms with Gasteiger partial charge in [-0.2, -0.15) is 5.26 Å². The van der Waals surface area contributed by atoms with Gasteiger partial charge in [-0.05, 0) is 13.0 Å². The number of hydrogen-bond acceptors (Lipinski definition) is 2. The molecule has 0 amide bonds. The van der Waals surface area contributed by atoms with Gasteiger partial charge >= 0.3 is 0 Å². The monoisotopic (exact) mass is 238 g/mol. The van der Waals surface area contributed by atoms with Gasteiger partial charge in [0.05, 0.1) is 6.07 Å². The smallest absolute Gasteiger partial charge is 0.0635 e. The highest BCUT2D eigenvalue weighted by Crippen LogP contribution is 2.10. The van der Waals surface area contributed by atoms with E-state index in [1.54, 1.807) is 0 Å². The maximum Gasteiger partial charge on any atom is 0.0635 e. The van der Waals surface area contributed by atoms with Crippen LogP contribution in [0.25, 0.3) is 0 Å². The molecule has 17 heavy (non-hydrogen) atoms. The van der Waals surface area contributed by atoms with Gasteiger partial charge in [0, 0.05) is 13.0 Å². The minimum atomic E-state index is 0.637. The van der Waals surface area contributed by atoms with Gasteiger partial charge in [-0.1, -0.05) is 64.7 Å². The lowest BCUT2D eigenvalue weighted by atomic mass is 10.1. The fourth-order valence-corrected chi connectivity index (χ4v) is 2.01. The lowest BCUT2D eigenvalue weighted by molar-refractivity contribution is 0.545. The summed E-state index contributed by atoms with van der Waals surface area (Å²) >= 11 is 0. The van der Waals surface area contributed by atoms with Crippen molar-refractivity contribution in [2.45, 2.75) is 77.6 Å². The van der Waals surface area contributed by atoms with E-state index in [1.807, 2.05) is 0 Å². The topological polar surface area (TPSA) is 35.8 Å². The first-order valence-electron chi connectivity index (χ1n) is 7.49. The standard InChI is InChI=1S/C15H30N2/c1-2-3-4-5-6-7-8-9-10-11-14-17-15-12-13-16/h17H,2-12,14-15H2,1H3. The first-order valence-corrected chi connectivity index (χ1v) is 7.49. The van der Waals surface area contributed by atoms with Crippen molar-refractivity contribution in [2.24, 2.45) is 0 Å². The molecule has 0 unspecified atom stereocenters. The Bertz CT molecular complexity index is 172. The quantitative estimate of drug-likeness (QED) is 0.482. The molecule has 1 N–H and O–H groups in total. The zero-order chi connectivity index (χ0) is 12.6. The van der Waals surface area contributed by atoms with Crippen molar-refractivity contribution in [3.05, 3.63) is 0 Å². The van der Waals surface area contributed by atoms with E-state index in [4.69, 9.17) is 5.26 Å². The highest BCUT2D eigenvalue weighted by molar-refractivity contribution is 4.69. The first kappa shape index (κ1) is 16.4. The Labute approximate surface area is 108 Å². The van der Waals surface area contributed by atoms with Gasteiger partial charge in [-0.15, -0.1) is 0 Å². The molecule has 0 aliphatic carbocycles. The first-order chi connectivity index (χ1) is 8.41. The molecule has 0 aromatic heterocycles. The molecule has 2 heteroatoms. The number of nitrogens with zero attached hydrogens (tertiary/aromatic N) is 1. The maximum atomic E-state index is 8.35. The van der Waals surface area contributed by atoms with E-state index in [2.05, 4.69) is 18.3 Å². The average Bonchev–Trinajstić information content (AvgIpc) is 2.35. The summed E-state index contributed by atoms with van der Waals surface area (Å²) < 4.78 is 0. The number of nitriles is 1. The third-order valence-electron chi connectivity index (χ3n) is 3.12. The van der Waals surface area contributed by atoms with Crippen LogP contribution in [-0.2, 0) is 0 Å². The van der Waals surface area contributed by atoms with Crippen molar-refractivity contribution >= 4 is 0 Å². The second-order valence-corrected chi connectivity index (χ2v) is 4.84. The van der Waals surface area contributed by atoms with Crippen LogP contribution < -0.4 is 5.32 Å². The maximum absolute atomic E-state index is 8.35. The summed E-state index contributed by atoms with van der Waals surface area (Å²) in [5.41, 5.74) is 0. The molecule has 0 aliphatic heterocycles. The SMILES string of the molecule is CCCCCCCCCCCCNCCC#N. The number of rotatable bonds is 13. The van der Waals surface area contributed by atoms with Crippen LogP contribution in [0.5, 0.6) is 0 Å². The molecule has 0 radical (unpaired) electrons. The van der Waals surface area contributed by atoms with Crippen molar-refractivity contribution in [1.29, 1.82) is 5.26 Å². The van der Waals surface area contributed by atoms with E-state index < -0.39 is 0 Å². The summed E-state index contributed by atoms with van der Waals surface area (Å²) in [6.45, 7) is 4.21. The predicted molar refractivity (Wildman–Crippen MR) is 74.9 cm³/mol. The van der Waals surface area contributed by atoms with E-state index in [1.165, 1.54) is 64.2 Å². The van der Waals surface area contributed by atoms with Crippen LogP contribution in [0.15, 0.2) is 0 Å². The molecule has 0 bridgehead atoms. The molecule has 0 aromatic rings. The molecule has 0 atom stereocenters. The molecule has 0 heterocycles. The number of nitrogens with one attached hydrogen (secondary N) is 1. The lowest BCUT2D eigenvalue weighted by Gasteiger charge is -2.03. The van der Waals surface area contributed by atoms with Gasteiger partial charge in [-0.25, -0.2) is 0 Å². The van der Waals surface area contributed by atoms with Gasteiger partial charge in [0.25, 0.3) is 0 Å². The molecule has 0 saturated carbocycles. The number of unbranched alkanes of at least 4 members (excludes halogenated alkanes) is 9. The fourth-order valence-electron chi connectivity index (χ4n) is 2.01. The van der Waals surface area contributed by atoms with E-state index in [9.17, 15) is 0 Å². The molecule has 100 valence electrons. The molecule has 0 fully saturated rings. The van der Waals surface area contributed by atoms with E-state index in [0.29, 0.717) is 6.42 Å². The second-order valence-electron chi connectivity index (χ2n) is 4.84. The summed E-state index contributed by atoms with van der Waals surface area (Å²) in [5.74, 6) is 0. The zero-order valence-corrected chi connectivity index (χ0v) is 11.6. The van der Waals surface area contributed by atoms with Crippen LogP contribution in [0.2, 0.25) is 0 Å². The third-order valence-corrected chi connectivity index (χ3v) is 3.12. The highest BCUT2D eigenvalue weighted by atomic mass is 14.8. The van der Waals surface area contributed by atoms with Gasteiger partial charge < -0.3 is 5.32 Å². The van der Waals surface area contributed by atoms with Crippen molar-refractivity contribution in [2.75, 3.05) is 13.1 Å². The molecular formula is C15H30N2. The fraction of sp³-hybridized carbons (Fsp3) is 0.933. The van der Waals surface area contributed by atoms with Gasteiger partial charge in [0.2, 0.25) is 0 Å². The summed E-state index contributed by atoms with van der Waals surface area (Å²) in [7, 11) is 0. The van der Waals surface area contributed by atoms with E-state index in [0.717, 1.165) is 13.1 Å². The van der Waals surface area contributed by atoms with Crippen LogP contribution in [0, 0.1) is 11.3 Å².